The second-order valence-electron chi connectivity index (χ2n) is 3.88. The van der Waals surface area contributed by atoms with Crippen LogP contribution in [0.15, 0.2) is 0 Å². The molecular formula is C9H16O2S. The molecule has 0 saturated heterocycles. The van der Waals surface area contributed by atoms with E-state index >= 15 is 0 Å². The van der Waals surface area contributed by atoms with Gasteiger partial charge >= 0.3 is 5.97 Å². The van der Waals surface area contributed by atoms with Crippen LogP contribution in [0, 0.1) is 17.3 Å². The Bertz CT molecular complexity index is 189. The van der Waals surface area contributed by atoms with Crippen molar-refractivity contribution in [2.75, 3.05) is 19.1 Å². The van der Waals surface area contributed by atoms with Gasteiger partial charge in [0.05, 0.1) is 13.0 Å². The lowest BCUT2D eigenvalue weighted by atomic mass is 10.1. The summed E-state index contributed by atoms with van der Waals surface area (Å²) in [6.45, 7) is 4.27. The fourth-order valence-electron chi connectivity index (χ4n) is 1.83. The van der Waals surface area contributed by atoms with Gasteiger partial charge in [0.25, 0.3) is 0 Å². The van der Waals surface area contributed by atoms with Crippen LogP contribution in [0.5, 0.6) is 0 Å². The number of thioether (sulfide) groups is 1. The molecule has 12 heavy (non-hydrogen) atoms. The number of hydrogen-bond donors (Lipinski definition) is 0. The molecule has 1 rings (SSSR count). The van der Waals surface area contributed by atoms with Crippen LogP contribution in [0.4, 0.5) is 0 Å². The Hall–Kier alpha value is -0.180. The molecule has 0 aromatic heterocycles. The minimum atomic E-state index is -0.0425. The Balaban J connectivity index is 2.53. The molecule has 70 valence electrons. The number of carbonyl (C=O) groups is 1. The summed E-state index contributed by atoms with van der Waals surface area (Å²) in [4.78, 5) is 11.2. The zero-order valence-corrected chi connectivity index (χ0v) is 8.90. The largest absolute Gasteiger partial charge is 0.469 e. The van der Waals surface area contributed by atoms with E-state index < -0.39 is 0 Å². The van der Waals surface area contributed by atoms with Gasteiger partial charge in [0.15, 0.2) is 0 Å². The molecule has 0 aromatic rings. The number of hydrogen-bond acceptors (Lipinski definition) is 3. The van der Waals surface area contributed by atoms with Crippen molar-refractivity contribution < 1.29 is 9.53 Å². The highest BCUT2D eigenvalue weighted by Gasteiger charge is 2.61. The van der Waals surface area contributed by atoms with E-state index in [9.17, 15) is 4.79 Å². The van der Waals surface area contributed by atoms with Gasteiger partial charge in [0, 0.05) is 0 Å². The summed E-state index contributed by atoms with van der Waals surface area (Å²) in [5.41, 5.74) is 0.163. The van der Waals surface area contributed by atoms with Crippen molar-refractivity contribution in [2.24, 2.45) is 17.3 Å². The molecule has 0 bridgehead atoms. The molecule has 3 heteroatoms. The predicted molar refractivity (Wildman–Crippen MR) is 51.2 cm³/mol. The van der Waals surface area contributed by atoms with Crippen LogP contribution in [-0.2, 0) is 9.53 Å². The Morgan fingerprint density at radius 3 is 2.58 bits per heavy atom. The first-order chi connectivity index (χ1) is 5.55. The van der Waals surface area contributed by atoms with Crippen LogP contribution in [0.3, 0.4) is 0 Å². The standard InChI is InChI=1S/C9H16O2S/c1-9(2)6(5-12-4)7(9)8(10)11-3/h6-7H,5H2,1-4H3/t6-,7-/m0/s1. The van der Waals surface area contributed by atoms with Gasteiger partial charge in [0.2, 0.25) is 0 Å². The minimum Gasteiger partial charge on any atom is -0.469 e. The summed E-state index contributed by atoms with van der Waals surface area (Å²) in [6.07, 6.45) is 2.07. The molecule has 0 amide bonds. The summed E-state index contributed by atoms with van der Waals surface area (Å²) in [7, 11) is 1.47. The highest BCUT2D eigenvalue weighted by Crippen LogP contribution is 2.59. The fourth-order valence-corrected chi connectivity index (χ4v) is 2.81. The molecule has 0 radical (unpaired) electrons. The molecule has 1 fully saturated rings. The van der Waals surface area contributed by atoms with E-state index in [1.807, 2.05) is 0 Å². The lowest BCUT2D eigenvalue weighted by Crippen LogP contribution is -2.07. The van der Waals surface area contributed by atoms with Gasteiger partial charge in [0.1, 0.15) is 0 Å². The van der Waals surface area contributed by atoms with Crippen molar-refractivity contribution in [3.05, 3.63) is 0 Å². The third-order valence-corrected chi connectivity index (χ3v) is 3.54. The summed E-state index contributed by atoms with van der Waals surface area (Å²) < 4.78 is 4.74. The van der Waals surface area contributed by atoms with E-state index in [1.54, 1.807) is 11.8 Å². The number of carbonyl (C=O) groups excluding carboxylic acids is 1. The van der Waals surface area contributed by atoms with Gasteiger partial charge in [-0.3, -0.25) is 4.79 Å². The lowest BCUT2D eigenvalue weighted by molar-refractivity contribution is -0.143. The Kier molecular flexibility index (Phi) is 2.71. The molecule has 2 nitrogen and oxygen atoms in total. The first-order valence-corrected chi connectivity index (χ1v) is 5.51. The summed E-state index contributed by atoms with van der Waals surface area (Å²) in [6, 6.07) is 0. The molecular weight excluding hydrogens is 172 g/mol. The Morgan fingerprint density at radius 1 is 1.58 bits per heavy atom. The van der Waals surface area contributed by atoms with E-state index in [4.69, 9.17) is 4.74 Å². The van der Waals surface area contributed by atoms with Gasteiger partial charge < -0.3 is 4.74 Å². The van der Waals surface area contributed by atoms with Crippen molar-refractivity contribution in [3.8, 4) is 0 Å². The quantitative estimate of drug-likeness (QED) is 0.632. The van der Waals surface area contributed by atoms with Gasteiger partial charge in [-0.2, -0.15) is 11.8 Å². The van der Waals surface area contributed by atoms with Crippen molar-refractivity contribution in [3.63, 3.8) is 0 Å². The molecule has 0 aromatic carbocycles. The maximum Gasteiger partial charge on any atom is 0.309 e. The van der Waals surface area contributed by atoms with Gasteiger partial charge in [-0.1, -0.05) is 13.8 Å². The molecule has 0 N–H and O–H groups in total. The summed E-state index contributed by atoms with van der Waals surface area (Å²) >= 11 is 1.80. The maximum atomic E-state index is 11.2. The highest BCUT2D eigenvalue weighted by atomic mass is 32.2. The fraction of sp³-hybridized carbons (Fsp3) is 0.889. The SMILES string of the molecule is COC(=O)[C@@H]1[C@H](CSC)C1(C)C. The van der Waals surface area contributed by atoms with Gasteiger partial charge in [-0.05, 0) is 23.3 Å². The van der Waals surface area contributed by atoms with E-state index in [1.165, 1.54) is 7.11 Å². The number of methoxy groups -OCH3 is 1. The van der Waals surface area contributed by atoms with E-state index in [0.29, 0.717) is 5.92 Å². The van der Waals surface area contributed by atoms with E-state index in [0.717, 1.165) is 5.75 Å². The molecule has 0 unspecified atom stereocenters. The average Bonchev–Trinajstić information content (AvgIpc) is 2.53. The van der Waals surface area contributed by atoms with Crippen LogP contribution in [0.1, 0.15) is 13.8 Å². The molecule has 0 heterocycles. The van der Waals surface area contributed by atoms with Crippen molar-refractivity contribution >= 4 is 17.7 Å². The Labute approximate surface area is 78.1 Å². The second-order valence-corrected chi connectivity index (χ2v) is 4.79. The number of esters is 1. The molecule has 1 aliphatic rings. The van der Waals surface area contributed by atoms with Crippen molar-refractivity contribution in [2.45, 2.75) is 13.8 Å². The third-order valence-electron chi connectivity index (χ3n) is 2.85. The normalized spacial score (nSPS) is 31.3. The molecule has 1 aliphatic carbocycles. The zero-order valence-electron chi connectivity index (χ0n) is 8.09. The highest BCUT2D eigenvalue weighted by molar-refractivity contribution is 7.98. The molecule has 0 aliphatic heterocycles. The van der Waals surface area contributed by atoms with Crippen molar-refractivity contribution in [1.82, 2.24) is 0 Å². The van der Waals surface area contributed by atoms with Gasteiger partial charge in [-0.25, -0.2) is 0 Å². The van der Waals surface area contributed by atoms with Crippen LogP contribution in [0.25, 0.3) is 0 Å². The third kappa shape index (κ3) is 1.47. The van der Waals surface area contributed by atoms with E-state index in [-0.39, 0.29) is 17.3 Å². The summed E-state index contributed by atoms with van der Waals surface area (Å²) in [5.74, 6) is 1.67. The first kappa shape index (κ1) is 9.90. The first-order valence-electron chi connectivity index (χ1n) is 4.12. The van der Waals surface area contributed by atoms with Crippen LogP contribution < -0.4 is 0 Å². The lowest BCUT2D eigenvalue weighted by Gasteiger charge is -1.99. The molecule has 2 atom stereocenters. The Morgan fingerprint density at radius 2 is 2.17 bits per heavy atom. The zero-order chi connectivity index (χ0) is 9.35. The maximum absolute atomic E-state index is 11.2. The van der Waals surface area contributed by atoms with Crippen LogP contribution in [0.2, 0.25) is 0 Å². The van der Waals surface area contributed by atoms with E-state index in [2.05, 4.69) is 20.1 Å². The van der Waals surface area contributed by atoms with Crippen molar-refractivity contribution in [1.29, 1.82) is 0 Å². The smallest absolute Gasteiger partial charge is 0.309 e. The van der Waals surface area contributed by atoms with Gasteiger partial charge in [-0.15, -0.1) is 0 Å². The minimum absolute atomic E-state index is 0.0425. The second kappa shape index (κ2) is 3.29. The monoisotopic (exact) mass is 188 g/mol. The average molecular weight is 188 g/mol. The number of ether oxygens (including phenoxy) is 1. The number of rotatable bonds is 3. The topological polar surface area (TPSA) is 26.3 Å². The van der Waals surface area contributed by atoms with Crippen LogP contribution >= 0.6 is 11.8 Å². The predicted octanol–water partition coefficient (Wildman–Crippen LogP) is 1.79. The molecule has 1 saturated carbocycles. The molecule has 0 spiro atoms. The summed E-state index contributed by atoms with van der Waals surface area (Å²) in [5, 5.41) is 0. The van der Waals surface area contributed by atoms with Crippen LogP contribution in [-0.4, -0.2) is 25.1 Å².